The van der Waals surface area contributed by atoms with E-state index in [0.29, 0.717) is 47.3 Å². The van der Waals surface area contributed by atoms with Gasteiger partial charge in [-0.1, -0.05) is 299 Å². The minimum Gasteiger partial charge on any atom is -0.293 e. The molecule has 0 spiro atoms. The number of carbonyl (C=O) groups is 2. The van der Waals surface area contributed by atoms with E-state index in [1.54, 1.807) is 0 Å². The summed E-state index contributed by atoms with van der Waals surface area (Å²) in [6, 6.07) is 40.0. The van der Waals surface area contributed by atoms with Gasteiger partial charge in [0.25, 0.3) is 0 Å². The Labute approximate surface area is 602 Å². The molecule has 0 bridgehead atoms. The molecule has 0 N–H and O–H groups in total. The third-order valence-corrected chi connectivity index (χ3v) is 21.7. The quantitative estimate of drug-likeness (QED) is 0.0325. The highest BCUT2D eigenvalue weighted by Gasteiger charge is 2.43. The Morgan fingerprint density at radius 2 is 0.763 bits per heavy atom. The van der Waals surface area contributed by atoms with Gasteiger partial charge in [0.1, 0.15) is 0 Å². The maximum atomic E-state index is 12.3. The summed E-state index contributed by atoms with van der Waals surface area (Å²) in [6.45, 7) is 44.3. The van der Waals surface area contributed by atoms with Gasteiger partial charge in [0.15, 0.2) is 11.6 Å². The van der Waals surface area contributed by atoms with Crippen LogP contribution in [-0.4, -0.2) is 11.6 Å². The van der Waals surface area contributed by atoms with Crippen molar-refractivity contribution in [2.75, 3.05) is 0 Å². The molecule has 3 heterocycles. The Morgan fingerprint density at radius 3 is 1.10 bits per heavy atom. The third-order valence-electron chi connectivity index (χ3n) is 17.8. The van der Waals surface area contributed by atoms with Crippen molar-refractivity contribution in [3.05, 3.63) is 207 Å². The van der Waals surface area contributed by atoms with Gasteiger partial charge in [-0.3, -0.25) is 9.59 Å². The van der Waals surface area contributed by atoms with Crippen molar-refractivity contribution in [2.24, 2.45) is 35.5 Å². The van der Waals surface area contributed by atoms with Crippen LogP contribution in [0.5, 0.6) is 0 Å². The van der Waals surface area contributed by atoms with Gasteiger partial charge in [-0.2, -0.15) is 0 Å². The lowest BCUT2D eigenvalue weighted by atomic mass is 9.70. The Hall–Kier alpha value is -6.60. The Kier molecular flexibility index (Phi) is 31.7. The Balaban J connectivity index is 0.000000216. The van der Waals surface area contributed by atoms with E-state index >= 15 is 0 Å². The van der Waals surface area contributed by atoms with E-state index in [9.17, 15) is 9.59 Å². The largest absolute Gasteiger partial charge is 0.293 e. The van der Waals surface area contributed by atoms with Crippen molar-refractivity contribution in [3.8, 4) is 45.9 Å². The minimum atomic E-state index is 0.0454. The second-order valence-electron chi connectivity index (χ2n) is 30.0. The van der Waals surface area contributed by atoms with Gasteiger partial charge in [0.2, 0.25) is 0 Å². The summed E-state index contributed by atoms with van der Waals surface area (Å²) < 4.78 is 0. The van der Waals surface area contributed by atoms with Gasteiger partial charge in [-0.25, -0.2) is 0 Å². The Bertz CT molecular complexity index is 3660. The first kappa shape index (κ1) is 79.4. The third kappa shape index (κ3) is 23.8. The zero-order valence-electron chi connectivity index (χ0n) is 63.2. The summed E-state index contributed by atoms with van der Waals surface area (Å²) in [5.74, 6) is 18.1. The molecule has 4 aromatic carbocycles. The van der Waals surface area contributed by atoms with E-state index in [1.165, 1.54) is 152 Å². The van der Waals surface area contributed by atoms with Crippen LogP contribution in [0.1, 0.15) is 311 Å². The van der Waals surface area contributed by atoms with Gasteiger partial charge in [0.05, 0.1) is 9.75 Å². The summed E-state index contributed by atoms with van der Waals surface area (Å²) >= 11 is 4.93. The molecule has 5 heteroatoms. The van der Waals surface area contributed by atoms with Gasteiger partial charge in [-0.05, 0) is 177 Å². The minimum absolute atomic E-state index is 0.0454. The number of benzene rings is 4. The number of fused-ring (bicyclic) bond motifs is 6. The summed E-state index contributed by atoms with van der Waals surface area (Å²) in [4.78, 5) is 31.3. The van der Waals surface area contributed by atoms with Crippen molar-refractivity contribution < 1.29 is 9.59 Å². The lowest BCUT2D eigenvalue weighted by Crippen LogP contribution is -2.26. The maximum absolute atomic E-state index is 12.3. The number of allylic oxidation sites excluding steroid dienone is 4. The number of hydrogen-bond acceptors (Lipinski definition) is 5. The molecule has 0 unspecified atom stereocenters. The molecule has 0 fully saturated rings. The fourth-order valence-corrected chi connectivity index (χ4v) is 15.1. The summed E-state index contributed by atoms with van der Waals surface area (Å²) in [7, 11) is 0. The first-order chi connectivity index (χ1) is 46.1. The molecule has 9 rings (SSSR count). The highest BCUT2D eigenvalue weighted by Crippen LogP contribution is 2.55. The van der Waals surface area contributed by atoms with Gasteiger partial charge < -0.3 is 0 Å². The SMILES string of the molecule is CC(C)/C=C/c1ccc(C(=O)CCC(=O)c2ccc(/C=C/C(C)C)s2)s1.CC(C)/C=C/c1ccc2c(c1)C(C)(C)c1cc(/C=C/C(C)C)ccc1-2.CC(C)c1ccc(C(C)C)s1.CCCCCCC1(CCCCCC)c2cc(C#CC(C)C)ccc2-c2ccc(C#CC(C)C)cc21. The van der Waals surface area contributed by atoms with Crippen molar-refractivity contribution in [3.63, 3.8) is 0 Å². The zero-order chi connectivity index (χ0) is 71.0. The Morgan fingerprint density at radius 1 is 0.402 bits per heavy atom. The summed E-state index contributed by atoms with van der Waals surface area (Å²) in [5.41, 5.74) is 16.6. The highest BCUT2D eigenvalue weighted by atomic mass is 32.1. The van der Waals surface area contributed by atoms with E-state index < -0.39 is 0 Å². The van der Waals surface area contributed by atoms with Crippen molar-refractivity contribution in [1.29, 1.82) is 0 Å². The second kappa shape index (κ2) is 38.7. The van der Waals surface area contributed by atoms with Crippen molar-refractivity contribution in [1.82, 2.24) is 0 Å². The van der Waals surface area contributed by atoms with Crippen molar-refractivity contribution >= 4 is 69.9 Å². The van der Waals surface area contributed by atoms with Crippen LogP contribution in [0.15, 0.2) is 133 Å². The first-order valence-electron chi connectivity index (χ1n) is 36.9. The van der Waals surface area contributed by atoms with Gasteiger partial charge in [-0.15, -0.1) is 34.0 Å². The van der Waals surface area contributed by atoms with E-state index in [4.69, 9.17) is 0 Å². The maximum Gasteiger partial charge on any atom is 0.173 e. The summed E-state index contributed by atoms with van der Waals surface area (Å²) in [6.07, 6.45) is 30.8. The molecule has 97 heavy (non-hydrogen) atoms. The average Bonchev–Trinajstić information content (AvgIpc) is 1.57. The molecule has 0 saturated heterocycles. The normalized spacial score (nSPS) is 13.3. The molecule has 7 aromatic rings. The molecular formula is C92H118O2S3. The van der Waals surface area contributed by atoms with Gasteiger partial charge >= 0.3 is 0 Å². The predicted octanol–water partition coefficient (Wildman–Crippen LogP) is 28.2. The molecule has 0 saturated carbocycles. The molecule has 0 amide bonds. The number of thiophene rings is 3. The van der Waals surface area contributed by atoms with E-state index in [0.717, 1.165) is 30.6 Å². The number of rotatable bonds is 25. The van der Waals surface area contributed by atoms with Crippen molar-refractivity contribution in [2.45, 2.75) is 238 Å². The molecule has 516 valence electrons. The number of Topliss-reactive ketones (excluding diaryl/α,β-unsaturated/α-hetero) is 2. The molecule has 0 radical (unpaired) electrons. The second-order valence-corrected chi connectivity index (χ2v) is 33.4. The number of carbonyl (C=O) groups excluding carboxylic acids is 2. The molecule has 2 aliphatic rings. The van der Waals surface area contributed by atoms with E-state index in [-0.39, 0.29) is 35.2 Å². The average molecular weight is 1350 g/mol. The number of unbranched alkanes of at least 4 members (excludes halogenated alkanes) is 6. The molecule has 2 aliphatic carbocycles. The first-order valence-corrected chi connectivity index (χ1v) is 39.3. The lowest BCUT2D eigenvalue weighted by molar-refractivity contribution is 0.0921. The molecule has 3 aromatic heterocycles. The van der Waals surface area contributed by atoms with Crippen LogP contribution in [-0.2, 0) is 10.8 Å². The van der Waals surface area contributed by atoms with Crippen LogP contribution in [0.3, 0.4) is 0 Å². The van der Waals surface area contributed by atoms with Gasteiger partial charge in [0, 0.05) is 66.1 Å². The zero-order valence-corrected chi connectivity index (χ0v) is 65.6. The van der Waals surface area contributed by atoms with Crippen LogP contribution < -0.4 is 0 Å². The van der Waals surface area contributed by atoms with Crippen LogP contribution in [0, 0.1) is 59.2 Å². The van der Waals surface area contributed by atoms with E-state index in [2.05, 4.69) is 296 Å². The number of hydrogen-bond donors (Lipinski definition) is 0. The fraction of sp³-hybridized carbons (Fsp3) is 0.457. The topological polar surface area (TPSA) is 34.1 Å². The van der Waals surface area contributed by atoms with Crippen LogP contribution in [0.2, 0.25) is 0 Å². The lowest BCUT2D eigenvalue weighted by Gasteiger charge is -2.33. The van der Waals surface area contributed by atoms with Crippen LogP contribution in [0.25, 0.3) is 46.6 Å². The monoisotopic (exact) mass is 1350 g/mol. The molecule has 0 aliphatic heterocycles. The highest BCUT2D eigenvalue weighted by molar-refractivity contribution is 7.15. The van der Waals surface area contributed by atoms with E-state index in [1.807, 2.05) is 35.6 Å². The number of ketones is 2. The standard InChI is InChI=1S/C35H46.C25H30.C22H26O2S2.C10H16S/c1-7-9-11-13-23-35(24-14-12-10-8-2)33-25-29(17-15-27(3)4)19-21-31(33)32-22-20-30(26-34(32)35)18-16-28(5)6;1-17(2)7-9-19-11-13-21-22-14-12-20(10-8-18(3)4)16-24(22)25(5,6)23(21)15-19;1-15(2)5-7-17-9-13-21(25-17)19(23)11-12-20(24)22-14-10-18(26-22)8-6-16(3)4;1-7(2)9-5-6-10(11-9)8(3)4/h19-22,25-28H,7-14,23-24H2,1-6H3;7-18H,1-6H3;5-10,13-16H,11-12H2,1-4H3;5-8H,1-4H3/b;9-7+,10-8+;7-5+,8-6+;. The molecule has 2 nitrogen and oxygen atoms in total. The molecule has 0 atom stereocenters. The predicted molar refractivity (Wildman–Crippen MR) is 432 cm³/mol. The van der Waals surface area contributed by atoms with Crippen LogP contribution in [0.4, 0.5) is 0 Å². The molecular weight excluding hydrogens is 1230 g/mol. The smallest absolute Gasteiger partial charge is 0.173 e. The summed E-state index contributed by atoms with van der Waals surface area (Å²) in [5, 5.41) is 0. The fourth-order valence-electron chi connectivity index (χ4n) is 12.3. The van der Waals surface area contributed by atoms with Crippen LogP contribution >= 0.6 is 34.0 Å².